The van der Waals surface area contributed by atoms with Crippen molar-refractivity contribution in [1.29, 1.82) is 5.26 Å². The van der Waals surface area contributed by atoms with E-state index in [0.29, 0.717) is 22.8 Å². The van der Waals surface area contributed by atoms with Gasteiger partial charge in [-0.2, -0.15) is 5.26 Å². The number of aryl methyl sites for hydroxylation is 1. The summed E-state index contributed by atoms with van der Waals surface area (Å²) in [4.78, 5) is 30.5. The number of nitriles is 1. The highest BCUT2D eigenvalue weighted by Crippen LogP contribution is 2.28. The number of rotatable bonds is 8. The Labute approximate surface area is 192 Å². The molecule has 1 aliphatic heterocycles. The molecule has 0 aliphatic carbocycles. The second kappa shape index (κ2) is 9.87. The van der Waals surface area contributed by atoms with Crippen LogP contribution in [0.2, 0.25) is 0 Å². The fourth-order valence-corrected chi connectivity index (χ4v) is 4.54. The van der Waals surface area contributed by atoms with Crippen LogP contribution in [0, 0.1) is 24.2 Å². The maximum atomic E-state index is 12.5. The number of esters is 1. The molecule has 0 unspecified atom stereocenters. The van der Waals surface area contributed by atoms with Crippen molar-refractivity contribution in [2.45, 2.75) is 19.6 Å². The number of amides is 1. The number of pyridine rings is 1. The Bertz CT molecular complexity index is 1200. The van der Waals surface area contributed by atoms with Crippen LogP contribution in [0.5, 0.6) is 5.75 Å². The minimum atomic E-state index is -3.88. The van der Waals surface area contributed by atoms with Crippen molar-refractivity contribution in [2.24, 2.45) is 5.92 Å². The fraction of sp³-hybridized carbons (Fsp3) is 0.364. The molecule has 0 bridgehead atoms. The van der Waals surface area contributed by atoms with Crippen LogP contribution in [0.1, 0.15) is 34.1 Å². The number of hydrogen-bond donors (Lipinski definition) is 1. The molecule has 2 heterocycles. The maximum Gasteiger partial charge on any atom is 0.340 e. The number of nitrogens with one attached hydrogen (secondary N) is 1. The highest BCUT2D eigenvalue weighted by molar-refractivity contribution is 7.89. The summed E-state index contributed by atoms with van der Waals surface area (Å²) in [6, 6.07) is 9.95. The Kier molecular flexibility index (Phi) is 7.18. The zero-order chi connectivity index (χ0) is 24.2. The number of sulfonamides is 1. The number of anilines is 1. The molecule has 2 aromatic rings. The van der Waals surface area contributed by atoms with Gasteiger partial charge in [-0.05, 0) is 37.6 Å². The van der Waals surface area contributed by atoms with E-state index < -0.39 is 27.8 Å². The number of ether oxygens (including phenoxy) is 2. The molecule has 1 aliphatic rings. The zero-order valence-corrected chi connectivity index (χ0v) is 19.3. The van der Waals surface area contributed by atoms with Crippen molar-refractivity contribution in [3.05, 3.63) is 52.7 Å². The molecular weight excluding hydrogens is 448 g/mol. The summed E-state index contributed by atoms with van der Waals surface area (Å²) < 4.78 is 36.9. The van der Waals surface area contributed by atoms with E-state index in [2.05, 4.69) is 9.71 Å². The first kappa shape index (κ1) is 24.0. The van der Waals surface area contributed by atoms with E-state index in [1.54, 1.807) is 43.0 Å². The smallest absolute Gasteiger partial charge is 0.340 e. The third-order valence-corrected chi connectivity index (χ3v) is 6.36. The molecule has 1 N–H and O–H groups in total. The van der Waals surface area contributed by atoms with Crippen LogP contribution in [0.25, 0.3) is 0 Å². The van der Waals surface area contributed by atoms with Crippen LogP contribution < -0.4 is 14.4 Å². The SMILES string of the molecule is CCOC(=O)c1cc(C#N)c(N2CC(C(=O)NS(=O)(=O)Cc3ccc(OC)cc3)C2)nc1C. The lowest BCUT2D eigenvalue weighted by molar-refractivity contribution is -0.123. The monoisotopic (exact) mass is 472 g/mol. The van der Waals surface area contributed by atoms with E-state index >= 15 is 0 Å². The quantitative estimate of drug-likeness (QED) is 0.567. The van der Waals surface area contributed by atoms with Crippen LogP contribution in [-0.2, 0) is 25.3 Å². The van der Waals surface area contributed by atoms with Crippen LogP contribution >= 0.6 is 0 Å². The first-order valence-corrected chi connectivity index (χ1v) is 11.8. The number of nitrogens with zero attached hydrogens (tertiary/aromatic N) is 3. The molecule has 1 amide bonds. The van der Waals surface area contributed by atoms with Gasteiger partial charge in [-0.3, -0.25) is 9.52 Å². The lowest BCUT2D eigenvalue weighted by atomic mass is 9.98. The fourth-order valence-electron chi connectivity index (χ4n) is 3.36. The molecule has 1 saturated heterocycles. The number of carbonyl (C=O) groups excluding carboxylic acids is 2. The second-order valence-corrected chi connectivity index (χ2v) is 9.22. The average Bonchev–Trinajstić information content (AvgIpc) is 2.72. The number of aromatic nitrogens is 1. The van der Waals surface area contributed by atoms with Crippen molar-refractivity contribution >= 4 is 27.7 Å². The standard InChI is InChI=1S/C22H24N4O6S/c1-4-32-22(28)19-9-16(10-23)20(24-14(19)2)26-11-17(12-26)21(27)25-33(29,30)13-15-5-7-18(31-3)8-6-15/h5-9,17H,4,11-13H2,1-3H3,(H,25,27). The minimum absolute atomic E-state index is 0.176. The summed E-state index contributed by atoms with van der Waals surface area (Å²) in [5.74, 6) is -1.15. The predicted molar refractivity (Wildman–Crippen MR) is 119 cm³/mol. The third-order valence-electron chi connectivity index (χ3n) is 5.13. The molecule has 174 valence electrons. The third kappa shape index (κ3) is 5.59. The van der Waals surface area contributed by atoms with Gasteiger partial charge < -0.3 is 14.4 Å². The van der Waals surface area contributed by atoms with Gasteiger partial charge in [-0.25, -0.2) is 18.2 Å². The predicted octanol–water partition coefficient (Wildman–Crippen LogP) is 1.53. The van der Waals surface area contributed by atoms with Gasteiger partial charge in [0.2, 0.25) is 15.9 Å². The molecule has 1 aromatic heterocycles. The molecule has 0 saturated carbocycles. The number of carbonyl (C=O) groups is 2. The summed E-state index contributed by atoms with van der Waals surface area (Å²) >= 11 is 0. The van der Waals surface area contributed by atoms with Crippen molar-refractivity contribution in [1.82, 2.24) is 9.71 Å². The van der Waals surface area contributed by atoms with E-state index in [1.807, 2.05) is 6.07 Å². The average molecular weight is 473 g/mol. The Morgan fingerprint density at radius 1 is 1.27 bits per heavy atom. The molecule has 11 heteroatoms. The van der Waals surface area contributed by atoms with Gasteiger partial charge in [0.05, 0.1) is 42.2 Å². The van der Waals surface area contributed by atoms with Gasteiger partial charge >= 0.3 is 5.97 Å². The largest absolute Gasteiger partial charge is 0.497 e. The molecule has 33 heavy (non-hydrogen) atoms. The van der Waals surface area contributed by atoms with Crippen LogP contribution in [-0.4, -0.2) is 52.1 Å². The van der Waals surface area contributed by atoms with Gasteiger partial charge in [-0.15, -0.1) is 0 Å². The Morgan fingerprint density at radius 3 is 2.52 bits per heavy atom. The number of methoxy groups -OCH3 is 1. The molecule has 0 radical (unpaired) electrons. The van der Waals surface area contributed by atoms with Gasteiger partial charge in [0.25, 0.3) is 0 Å². The van der Waals surface area contributed by atoms with Gasteiger partial charge in [0.15, 0.2) is 0 Å². The minimum Gasteiger partial charge on any atom is -0.497 e. The summed E-state index contributed by atoms with van der Waals surface area (Å²) in [6.07, 6.45) is 0. The molecule has 10 nitrogen and oxygen atoms in total. The summed E-state index contributed by atoms with van der Waals surface area (Å²) in [5, 5.41) is 9.48. The number of hydrogen-bond acceptors (Lipinski definition) is 9. The van der Waals surface area contributed by atoms with Crippen LogP contribution in [0.15, 0.2) is 30.3 Å². The molecule has 1 aromatic carbocycles. The Hall–Kier alpha value is -3.65. The van der Waals surface area contributed by atoms with Gasteiger partial charge in [-0.1, -0.05) is 12.1 Å². The first-order chi connectivity index (χ1) is 15.7. The van der Waals surface area contributed by atoms with Crippen molar-refractivity contribution in [2.75, 3.05) is 31.7 Å². The van der Waals surface area contributed by atoms with Crippen molar-refractivity contribution < 1.29 is 27.5 Å². The molecule has 1 fully saturated rings. The highest BCUT2D eigenvalue weighted by Gasteiger charge is 2.36. The molecular formula is C22H24N4O6S. The van der Waals surface area contributed by atoms with Crippen LogP contribution in [0.3, 0.4) is 0 Å². The highest BCUT2D eigenvalue weighted by atomic mass is 32.2. The Balaban J connectivity index is 1.63. The van der Waals surface area contributed by atoms with E-state index in [9.17, 15) is 23.3 Å². The first-order valence-electron chi connectivity index (χ1n) is 10.2. The van der Waals surface area contributed by atoms with Crippen LogP contribution in [0.4, 0.5) is 5.82 Å². The van der Waals surface area contributed by atoms with E-state index in [0.717, 1.165) is 0 Å². The normalized spacial score (nSPS) is 13.6. The summed E-state index contributed by atoms with van der Waals surface area (Å²) in [5.41, 5.74) is 1.30. The Morgan fingerprint density at radius 2 is 1.94 bits per heavy atom. The number of benzene rings is 1. The van der Waals surface area contributed by atoms with Gasteiger partial charge in [0, 0.05) is 13.1 Å². The van der Waals surface area contributed by atoms with Gasteiger partial charge in [0.1, 0.15) is 17.6 Å². The second-order valence-electron chi connectivity index (χ2n) is 7.50. The molecule has 3 rings (SSSR count). The summed E-state index contributed by atoms with van der Waals surface area (Å²) in [7, 11) is -2.36. The maximum absolute atomic E-state index is 12.5. The van der Waals surface area contributed by atoms with Crippen molar-refractivity contribution in [3.8, 4) is 11.8 Å². The van der Waals surface area contributed by atoms with Crippen molar-refractivity contribution in [3.63, 3.8) is 0 Å². The molecule has 0 spiro atoms. The van der Waals surface area contributed by atoms with E-state index in [4.69, 9.17) is 9.47 Å². The molecule has 0 atom stereocenters. The summed E-state index contributed by atoms with van der Waals surface area (Å²) in [6.45, 7) is 3.91. The lowest BCUT2D eigenvalue weighted by Gasteiger charge is -2.39. The topological polar surface area (TPSA) is 139 Å². The zero-order valence-electron chi connectivity index (χ0n) is 18.5. The van der Waals surface area contributed by atoms with E-state index in [1.165, 1.54) is 13.2 Å². The van der Waals surface area contributed by atoms with E-state index in [-0.39, 0.29) is 36.6 Å². The lowest BCUT2D eigenvalue weighted by Crippen LogP contribution is -2.55.